The van der Waals surface area contributed by atoms with Gasteiger partial charge in [-0.05, 0) is 44.7 Å². The van der Waals surface area contributed by atoms with Gasteiger partial charge in [0.15, 0.2) is 0 Å². The largest absolute Gasteiger partial charge is 0.353 e. The molecule has 1 aliphatic heterocycles. The van der Waals surface area contributed by atoms with Crippen LogP contribution in [0.4, 0.5) is 0 Å². The van der Waals surface area contributed by atoms with Crippen LogP contribution in [0.1, 0.15) is 39.5 Å². The Hall–Kier alpha value is -1.01. The van der Waals surface area contributed by atoms with Crippen LogP contribution >= 0.6 is 0 Å². The molecule has 2 N–H and O–H groups in total. The Balaban J connectivity index is 2.27. The molecule has 1 fully saturated rings. The Morgan fingerprint density at radius 3 is 2.94 bits per heavy atom. The molecule has 1 heterocycles. The van der Waals surface area contributed by atoms with E-state index in [-0.39, 0.29) is 11.9 Å². The number of carbonyl (C=O) groups excluding carboxylic acids is 1. The highest BCUT2D eigenvalue weighted by Crippen LogP contribution is 2.22. The molecule has 3 nitrogen and oxygen atoms in total. The zero-order chi connectivity index (χ0) is 12.7. The van der Waals surface area contributed by atoms with Gasteiger partial charge in [0.05, 0.1) is 0 Å². The number of piperidine rings is 1. The summed E-state index contributed by atoms with van der Waals surface area (Å²) in [6.07, 6.45) is 8.89. The van der Waals surface area contributed by atoms with Crippen molar-refractivity contribution in [2.75, 3.05) is 13.1 Å². The molecule has 0 saturated carbocycles. The molecule has 17 heavy (non-hydrogen) atoms. The molecule has 3 unspecified atom stereocenters. The smallest absolute Gasteiger partial charge is 0.220 e. The molecule has 1 aliphatic rings. The molecular formula is C14H24N2O. The van der Waals surface area contributed by atoms with Crippen LogP contribution in [0.3, 0.4) is 0 Å². The lowest BCUT2D eigenvalue weighted by atomic mass is 9.85. The summed E-state index contributed by atoms with van der Waals surface area (Å²) in [6, 6.07) is 0.0872. The first-order valence-electron chi connectivity index (χ1n) is 6.57. The van der Waals surface area contributed by atoms with Gasteiger partial charge in [-0.25, -0.2) is 0 Å². The number of terminal acetylenes is 1. The summed E-state index contributed by atoms with van der Waals surface area (Å²) in [6.45, 7) is 6.29. The van der Waals surface area contributed by atoms with Gasteiger partial charge < -0.3 is 10.6 Å². The van der Waals surface area contributed by atoms with Gasteiger partial charge in [0.2, 0.25) is 5.91 Å². The van der Waals surface area contributed by atoms with Crippen molar-refractivity contribution in [3.63, 3.8) is 0 Å². The minimum atomic E-state index is 0.0872. The van der Waals surface area contributed by atoms with E-state index < -0.39 is 0 Å². The summed E-state index contributed by atoms with van der Waals surface area (Å²) in [5.41, 5.74) is 0. The third-order valence-corrected chi connectivity index (χ3v) is 3.48. The van der Waals surface area contributed by atoms with E-state index in [1.807, 2.05) is 6.92 Å². The van der Waals surface area contributed by atoms with E-state index in [0.29, 0.717) is 24.7 Å². The van der Waals surface area contributed by atoms with Crippen molar-refractivity contribution in [2.24, 2.45) is 11.8 Å². The topological polar surface area (TPSA) is 41.1 Å². The molecule has 0 bridgehead atoms. The number of amides is 1. The van der Waals surface area contributed by atoms with E-state index in [1.54, 1.807) is 0 Å². The highest BCUT2D eigenvalue weighted by atomic mass is 16.1. The first kappa shape index (κ1) is 14.1. The first-order chi connectivity index (χ1) is 8.13. The lowest BCUT2D eigenvalue weighted by Gasteiger charge is -2.28. The Kier molecular flexibility index (Phi) is 6.07. The van der Waals surface area contributed by atoms with Crippen LogP contribution in [0.25, 0.3) is 0 Å². The van der Waals surface area contributed by atoms with Gasteiger partial charge in [0.1, 0.15) is 0 Å². The van der Waals surface area contributed by atoms with Gasteiger partial charge in [-0.2, -0.15) is 0 Å². The van der Waals surface area contributed by atoms with Gasteiger partial charge in [0, 0.05) is 18.9 Å². The number of hydrogen-bond acceptors (Lipinski definition) is 2. The lowest BCUT2D eigenvalue weighted by molar-refractivity contribution is -0.122. The summed E-state index contributed by atoms with van der Waals surface area (Å²) >= 11 is 0. The minimum Gasteiger partial charge on any atom is -0.353 e. The van der Waals surface area contributed by atoms with Crippen LogP contribution in [0.5, 0.6) is 0 Å². The van der Waals surface area contributed by atoms with E-state index in [9.17, 15) is 4.79 Å². The molecule has 1 saturated heterocycles. The van der Waals surface area contributed by atoms with Gasteiger partial charge in [-0.1, -0.05) is 6.92 Å². The highest BCUT2D eigenvalue weighted by molar-refractivity contribution is 5.76. The predicted octanol–water partition coefficient (Wildman–Crippen LogP) is 1.54. The van der Waals surface area contributed by atoms with Crippen molar-refractivity contribution >= 4 is 5.91 Å². The molecule has 1 amide bonds. The van der Waals surface area contributed by atoms with Crippen molar-refractivity contribution in [2.45, 2.75) is 45.6 Å². The Labute approximate surface area is 105 Å². The first-order valence-corrected chi connectivity index (χ1v) is 6.57. The second-order valence-corrected chi connectivity index (χ2v) is 5.16. The van der Waals surface area contributed by atoms with E-state index >= 15 is 0 Å². The number of rotatable bonds is 5. The van der Waals surface area contributed by atoms with E-state index in [1.165, 1.54) is 12.8 Å². The summed E-state index contributed by atoms with van der Waals surface area (Å²) < 4.78 is 0. The highest BCUT2D eigenvalue weighted by Gasteiger charge is 2.22. The average molecular weight is 236 g/mol. The van der Waals surface area contributed by atoms with E-state index in [2.05, 4.69) is 23.5 Å². The molecule has 3 atom stereocenters. The van der Waals surface area contributed by atoms with Crippen LogP contribution in [-0.2, 0) is 4.79 Å². The van der Waals surface area contributed by atoms with Gasteiger partial charge in [-0.15, -0.1) is 12.3 Å². The van der Waals surface area contributed by atoms with Crippen molar-refractivity contribution in [1.29, 1.82) is 0 Å². The van der Waals surface area contributed by atoms with Crippen LogP contribution in [-0.4, -0.2) is 25.0 Å². The van der Waals surface area contributed by atoms with Crippen LogP contribution in [0.15, 0.2) is 0 Å². The Morgan fingerprint density at radius 2 is 2.35 bits per heavy atom. The summed E-state index contributed by atoms with van der Waals surface area (Å²) in [4.78, 5) is 11.8. The molecule has 0 aliphatic carbocycles. The standard InChI is InChI=1S/C14H24N2O/c1-4-6-12(3)16-14(17)9-11(2)13-7-5-8-15-10-13/h1,11-13,15H,5-10H2,2-3H3,(H,16,17). The van der Waals surface area contributed by atoms with Crippen LogP contribution < -0.4 is 10.6 Å². The zero-order valence-corrected chi connectivity index (χ0v) is 11.0. The molecule has 0 aromatic rings. The average Bonchev–Trinajstić information content (AvgIpc) is 2.30. The quantitative estimate of drug-likeness (QED) is 0.711. The second-order valence-electron chi connectivity index (χ2n) is 5.16. The third kappa shape index (κ3) is 5.23. The maximum absolute atomic E-state index is 11.8. The third-order valence-electron chi connectivity index (χ3n) is 3.48. The Bertz CT molecular complexity index is 276. The summed E-state index contributed by atoms with van der Waals surface area (Å²) in [7, 11) is 0. The molecular weight excluding hydrogens is 212 g/mol. The fourth-order valence-electron chi connectivity index (χ4n) is 2.39. The maximum Gasteiger partial charge on any atom is 0.220 e. The number of carbonyl (C=O) groups is 1. The van der Waals surface area contributed by atoms with E-state index in [0.717, 1.165) is 13.1 Å². The molecule has 0 aromatic heterocycles. The fourth-order valence-corrected chi connectivity index (χ4v) is 2.39. The van der Waals surface area contributed by atoms with Gasteiger partial charge in [0.25, 0.3) is 0 Å². The zero-order valence-electron chi connectivity index (χ0n) is 11.0. The number of nitrogens with one attached hydrogen (secondary N) is 2. The van der Waals surface area contributed by atoms with Crippen molar-refractivity contribution in [3.05, 3.63) is 0 Å². The molecule has 0 radical (unpaired) electrons. The molecule has 1 rings (SSSR count). The number of hydrogen-bond donors (Lipinski definition) is 2. The van der Waals surface area contributed by atoms with Gasteiger partial charge in [-0.3, -0.25) is 4.79 Å². The molecule has 96 valence electrons. The van der Waals surface area contributed by atoms with Crippen LogP contribution in [0.2, 0.25) is 0 Å². The monoisotopic (exact) mass is 236 g/mol. The normalized spacial score (nSPS) is 23.5. The summed E-state index contributed by atoms with van der Waals surface area (Å²) in [5, 5.41) is 6.34. The van der Waals surface area contributed by atoms with E-state index in [4.69, 9.17) is 6.42 Å². The molecule has 3 heteroatoms. The summed E-state index contributed by atoms with van der Waals surface area (Å²) in [5.74, 6) is 3.78. The molecule has 0 aromatic carbocycles. The van der Waals surface area contributed by atoms with Gasteiger partial charge >= 0.3 is 0 Å². The minimum absolute atomic E-state index is 0.0872. The second kappa shape index (κ2) is 7.34. The maximum atomic E-state index is 11.8. The predicted molar refractivity (Wildman–Crippen MR) is 70.4 cm³/mol. The fraction of sp³-hybridized carbons (Fsp3) is 0.786. The van der Waals surface area contributed by atoms with Crippen molar-refractivity contribution in [1.82, 2.24) is 10.6 Å². The van der Waals surface area contributed by atoms with Crippen LogP contribution in [0, 0.1) is 24.2 Å². The SMILES string of the molecule is C#CCC(C)NC(=O)CC(C)C1CCCNC1. The lowest BCUT2D eigenvalue weighted by Crippen LogP contribution is -2.37. The Morgan fingerprint density at radius 1 is 1.59 bits per heavy atom. The van der Waals surface area contributed by atoms with Crippen molar-refractivity contribution in [3.8, 4) is 12.3 Å². The molecule has 0 spiro atoms. The van der Waals surface area contributed by atoms with Crippen molar-refractivity contribution < 1.29 is 4.79 Å².